The molecule has 2 nitrogen and oxygen atoms in total. The van der Waals surface area contributed by atoms with Crippen LogP contribution in [0, 0.1) is 5.82 Å². The minimum absolute atomic E-state index is 0.253. The van der Waals surface area contributed by atoms with Crippen molar-refractivity contribution in [1.82, 2.24) is 3.59 Å². The Morgan fingerprint density at radius 1 is 1.31 bits per heavy atom. The largest absolute Gasteiger partial charge is 0.268 e. The summed E-state index contributed by atoms with van der Waals surface area (Å²) in [5, 5.41) is 1.11. The molecule has 0 saturated heterocycles. The van der Waals surface area contributed by atoms with Gasteiger partial charge in [0.1, 0.15) is 5.82 Å². The van der Waals surface area contributed by atoms with Gasteiger partial charge in [0.15, 0.2) is 0 Å². The Balaban J connectivity index is 2.97. The van der Waals surface area contributed by atoms with Crippen LogP contribution in [-0.2, 0) is 0 Å². The van der Waals surface area contributed by atoms with Crippen LogP contribution in [0.4, 0.5) is 4.39 Å². The highest BCUT2D eigenvalue weighted by Crippen LogP contribution is 2.11. The van der Waals surface area contributed by atoms with E-state index in [1.54, 1.807) is 18.3 Å². The molecule has 4 heteroatoms. The standard InChI is InChI=1S/C9H5BrFNO/c10-12-4-3-6-1-2-7(11)5-8(6)9(12)13/h1-5H. The number of halogens is 2. The number of aromatic nitrogens is 1. The Morgan fingerprint density at radius 2 is 2.08 bits per heavy atom. The SMILES string of the molecule is O=c1c2cc(F)ccc2ccn1Br. The van der Waals surface area contributed by atoms with Crippen molar-refractivity contribution >= 4 is 26.9 Å². The van der Waals surface area contributed by atoms with E-state index in [1.807, 2.05) is 0 Å². The van der Waals surface area contributed by atoms with Crippen molar-refractivity contribution in [2.75, 3.05) is 0 Å². The molecule has 66 valence electrons. The molecule has 0 radical (unpaired) electrons. The third-order valence-electron chi connectivity index (χ3n) is 1.82. The van der Waals surface area contributed by atoms with E-state index in [2.05, 4.69) is 16.1 Å². The van der Waals surface area contributed by atoms with Gasteiger partial charge in [-0.25, -0.2) is 7.98 Å². The molecule has 0 aliphatic rings. The monoisotopic (exact) mass is 241 g/mol. The van der Waals surface area contributed by atoms with Crippen LogP contribution < -0.4 is 5.56 Å². The topological polar surface area (TPSA) is 22.0 Å². The van der Waals surface area contributed by atoms with Gasteiger partial charge < -0.3 is 0 Å². The van der Waals surface area contributed by atoms with Crippen LogP contribution in [0.3, 0.4) is 0 Å². The summed E-state index contributed by atoms with van der Waals surface area (Å²) in [6.45, 7) is 0. The van der Waals surface area contributed by atoms with Gasteiger partial charge in [0.05, 0.1) is 21.5 Å². The second-order valence-corrected chi connectivity index (χ2v) is 3.43. The lowest BCUT2D eigenvalue weighted by Gasteiger charge is -1.98. The number of pyridine rings is 1. The molecule has 0 atom stereocenters. The quantitative estimate of drug-likeness (QED) is 0.694. The van der Waals surface area contributed by atoms with Crippen LogP contribution in [-0.4, -0.2) is 3.59 Å². The van der Waals surface area contributed by atoms with Crippen LogP contribution in [0.5, 0.6) is 0 Å². The maximum absolute atomic E-state index is 12.8. The van der Waals surface area contributed by atoms with E-state index in [-0.39, 0.29) is 5.56 Å². The smallest absolute Gasteiger partial charge is 0.268 e. The predicted molar refractivity (Wildman–Crippen MR) is 52.5 cm³/mol. The molecule has 0 bridgehead atoms. The fraction of sp³-hybridized carbons (Fsp3) is 0. The first-order chi connectivity index (χ1) is 6.18. The number of rotatable bonds is 0. The first kappa shape index (κ1) is 8.44. The van der Waals surface area contributed by atoms with Gasteiger partial charge in [-0.05, 0) is 23.6 Å². The lowest BCUT2D eigenvalue weighted by Crippen LogP contribution is -2.11. The third kappa shape index (κ3) is 1.37. The fourth-order valence-corrected chi connectivity index (χ4v) is 1.50. The summed E-state index contributed by atoms with van der Waals surface area (Å²) in [6.07, 6.45) is 1.59. The van der Waals surface area contributed by atoms with E-state index in [0.29, 0.717) is 5.39 Å². The summed E-state index contributed by atoms with van der Waals surface area (Å²) in [5.74, 6) is -0.400. The van der Waals surface area contributed by atoms with Crippen molar-refractivity contribution in [2.45, 2.75) is 0 Å². The zero-order valence-corrected chi connectivity index (χ0v) is 8.08. The molecule has 0 N–H and O–H groups in total. The van der Waals surface area contributed by atoms with Crippen molar-refractivity contribution in [3.8, 4) is 0 Å². The van der Waals surface area contributed by atoms with E-state index >= 15 is 0 Å². The van der Waals surface area contributed by atoms with Gasteiger partial charge in [-0.3, -0.25) is 4.79 Å². The second kappa shape index (κ2) is 2.96. The lowest BCUT2D eigenvalue weighted by molar-refractivity contribution is 0.629. The Kier molecular flexibility index (Phi) is 1.92. The van der Waals surface area contributed by atoms with Gasteiger partial charge in [0, 0.05) is 6.20 Å². The summed E-state index contributed by atoms with van der Waals surface area (Å²) in [7, 11) is 0. The fourth-order valence-electron chi connectivity index (χ4n) is 1.19. The highest BCUT2D eigenvalue weighted by Gasteiger charge is 2.01. The Hall–Kier alpha value is -1.16. The van der Waals surface area contributed by atoms with Gasteiger partial charge in [0.25, 0.3) is 5.56 Å². The number of hydrogen-bond donors (Lipinski definition) is 0. The molecule has 0 aliphatic carbocycles. The second-order valence-electron chi connectivity index (χ2n) is 2.66. The van der Waals surface area contributed by atoms with Crippen LogP contribution in [0.15, 0.2) is 35.3 Å². The number of hydrogen-bond acceptors (Lipinski definition) is 1. The lowest BCUT2D eigenvalue weighted by atomic mass is 10.2. The average molecular weight is 242 g/mol. The van der Waals surface area contributed by atoms with Gasteiger partial charge in [-0.15, -0.1) is 0 Å². The number of fused-ring (bicyclic) bond motifs is 1. The Morgan fingerprint density at radius 3 is 2.85 bits per heavy atom. The molecule has 13 heavy (non-hydrogen) atoms. The maximum atomic E-state index is 12.8. The molecular formula is C9H5BrFNO. The van der Waals surface area contributed by atoms with Crippen LogP contribution in [0.2, 0.25) is 0 Å². The first-order valence-corrected chi connectivity index (χ1v) is 4.36. The Labute approximate surface area is 81.9 Å². The van der Waals surface area contributed by atoms with E-state index in [9.17, 15) is 9.18 Å². The maximum Gasteiger partial charge on any atom is 0.268 e. The summed E-state index contributed by atoms with van der Waals surface area (Å²) in [6, 6.07) is 5.89. The van der Waals surface area contributed by atoms with Crippen molar-refractivity contribution in [2.24, 2.45) is 0 Å². The zero-order chi connectivity index (χ0) is 9.42. The molecule has 0 amide bonds. The van der Waals surface area contributed by atoms with E-state index in [0.717, 1.165) is 5.39 Å². The minimum Gasteiger partial charge on any atom is -0.268 e. The molecule has 0 unspecified atom stereocenters. The van der Waals surface area contributed by atoms with Crippen molar-refractivity contribution in [3.05, 3.63) is 46.6 Å². The van der Waals surface area contributed by atoms with Crippen molar-refractivity contribution < 1.29 is 4.39 Å². The average Bonchev–Trinajstić information content (AvgIpc) is 2.12. The van der Waals surface area contributed by atoms with Crippen LogP contribution in [0.1, 0.15) is 0 Å². The summed E-state index contributed by atoms with van der Waals surface area (Å²) < 4.78 is 14.0. The summed E-state index contributed by atoms with van der Waals surface area (Å²) in [4.78, 5) is 11.4. The van der Waals surface area contributed by atoms with Crippen LogP contribution >= 0.6 is 16.1 Å². The molecule has 0 fully saturated rings. The molecule has 1 heterocycles. The Bertz CT molecular complexity index is 515. The first-order valence-electron chi connectivity index (χ1n) is 3.65. The van der Waals surface area contributed by atoms with Crippen LogP contribution in [0.25, 0.3) is 10.8 Å². The zero-order valence-electron chi connectivity index (χ0n) is 6.50. The van der Waals surface area contributed by atoms with E-state index in [4.69, 9.17) is 0 Å². The molecule has 2 aromatic rings. The third-order valence-corrected chi connectivity index (χ3v) is 2.38. The van der Waals surface area contributed by atoms with Gasteiger partial charge in [-0.2, -0.15) is 0 Å². The van der Waals surface area contributed by atoms with Gasteiger partial charge in [0.2, 0.25) is 0 Å². The van der Waals surface area contributed by atoms with Crippen molar-refractivity contribution in [1.29, 1.82) is 0 Å². The predicted octanol–water partition coefficient (Wildman–Crippen LogP) is 2.30. The number of benzene rings is 1. The van der Waals surface area contributed by atoms with E-state index in [1.165, 1.54) is 15.7 Å². The van der Waals surface area contributed by atoms with Crippen molar-refractivity contribution in [3.63, 3.8) is 0 Å². The molecule has 0 saturated carbocycles. The summed E-state index contributed by atoms with van der Waals surface area (Å²) >= 11 is 3.02. The van der Waals surface area contributed by atoms with E-state index < -0.39 is 5.82 Å². The van der Waals surface area contributed by atoms with Gasteiger partial charge in [-0.1, -0.05) is 6.07 Å². The number of nitrogens with zero attached hydrogens (tertiary/aromatic N) is 1. The highest BCUT2D eigenvalue weighted by atomic mass is 79.9. The molecular weight excluding hydrogens is 237 g/mol. The molecule has 0 aliphatic heterocycles. The normalized spacial score (nSPS) is 10.6. The molecule has 0 spiro atoms. The molecule has 1 aromatic carbocycles. The van der Waals surface area contributed by atoms with Gasteiger partial charge >= 0.3 is 0 Å². The highest BCUT2D eigenvalue weighted by molar-refractivity contribution is 9.08. The molecule has 1 aromatic heterocycles. The minimum atomic E-state index is -0.400. The summed E-state index contributed by atoms with van der Waals surface area (Å²) in [5.41, 5.74) is -0.253. The molecule has 2 rings (SSSR count).